The molecule has 0 fully saturated rings. The first-order chi connectivity index (χ1) is 4.57. The number of carbonyl (C=O) groups is 1. The Hall–Kier alpha value is -0.500. The first-order valence-corrected chi connectivity index (χ1v) is 3.31. The van der Waals surface area contributed by atoms with Crippen molar-refractivity contribution in [3.63, 3.8) is 0 Å². The molecule has 0 heterocycles. The number of esters is 1. The summed E-state index contributed by atoms with van der Waals surface area (Å²) in [5.74, 6) is -0.469. The first kappa shape index (κ1) is 9.50. The SMILES string of the molecule is [CH2]CC(Cl)OC(=O)C(=C)C. The molecule has 0 saturated heterocycles. The fourth-order valence-electron chi connectivity index (χ4n) is 0.276. The maximum absolute atomic E-state index is 10.7. The molecule has 0 N–H and O–H groups in total. The number of ether oxygens (including phenoxy) is 1. The highest BCUT2D eigenvalue weighted by atomic mass is 35.5. The topological polar surface area (TPSA) is 26.3 Å². The molecule has 2 nitrogen and oxygen atoms in total. The maximum Gasteiger partial charge on any atom is 0.334 e. The van der Waals surface area contributed by atoms with Crippen molar-refractivity contribution in [1.82, 2.24) is 0 Å². The minimum absolute atomic E-state index is 0.346. The quantitative estimate of drug-likeness (QED) is 0.359. The molecule has 0 amide bonds. The Balaban J connectivity index is 3.68. The van der Waals surface area contributed by atoms with E-state index in [2.05, 4.69) is 18.2 Å². The van der Waals surface area contributed by atoms with E-state index in [9.17, 15) is 4.79 Å². The third-order valence-corrected chi connectivity index (χ3v) is 1.12. The van der Waals surface area contributed by atoms with E-state index in [0.717, 1.165) is 0 Å². The Morgan fingerprint density at radius 3 is 2.60 bits per heavy atom. The lowest BCUT2D eigenvalue weighted by Crippen LogP contribution is -2.11. The molecule has 1 radical (unpaired) electrons. The average molecular weight is 162 g/mol. The largest absolute Gasteiger partial charge is 0.443 e. The molecule has 0 aliphatic carbocycles. The highest BCUT2D eigenvalue weighted by Crippen LogP contribution is 2.05. The molecule has 0 aliphatic heterocycles. The molecule has 0 aromatic heterocycles. The van der Waals surface area contributed by atoms with Crippen molar-refractivity contribution in [2.24, 2.45) is 0 Å². The summed E-state index contributed by atoms with van der Waals surface area (Å²) in [4.78, 5) is 10.7. The third-order valence-electron chi connectivity index (χ3n) is 0.810. The van der Waals surface area contributed by atoms with Gasteiger partial charge in [0.15, 0.2) is 5.56 Å². The Morgan fingerprint density at radius 2 is 2.30 bits per heavy atom. The van der Waals surface area contributed by atoms with Crippen LogP contribution in [0, 0.1) is 6.92 Å². The molecule has 10 heavy (non-hydrogen) atoms. The van der Waals surface area contributed by atoms with Crippen LogP contribution in [-0.4, -0.2) is 11.5 Å². The van der Waals surface area contributed by atoms with Crippen molar-refractivity contribution in [3.05, 3.63) is 19.1 Å². The Morgan fingerprint density at radius 1 is 1.80 bits per heavy atom. The van der Waals surface area contributed by atoms with E-state index in [4.69, 9.17) is 11.6 Å². The highest BCUT2D eigenvalue weighted by Gasteiger charge is 2.08. The van der Waals surface area contributed by atoms with Crippen molar-refractivity contribution in [1.29, 1.82) is 0 Å². The van der Waals surface area contributed by atoms with Gasteiger partial charge in [0.25, 0.3) is 0 Å². The minimum Gasteiger partial charge on any atom is -0.443 e. The van der Waals surface area contributed by atoms with E-state index >= 15 is 0 Å². The van der Waals surface area contributed by atoms with Crippen LogP contribution in [0.3, 0.4) is 0 Å². The molecule has 1 unspecified atom stereocenters. The molecule has 57 valence electrons. The van der Waals surface area contributed by atoms with Crippen LogP contribution >= 0.6 is 11.6 Å². The van der Waals surface area contributed by atoms with Crippen LogP contribution in [0.25, 0.3) is 0 Å². The second-order valence-corrected chi connectivity index (χ2v) is 2.37. The first-order valence-electron chi connectivity index (χ1n) is 2.87. The summed E-state index contributed by atoms with van der Waals surface area (Å²) in [6.07, 6.45) is 0.362. The van der Waals surface area contributed by atoms with Crippen molar-refractivity contribution in [2.75, 3.05) is 0 Å². The highest BCUT2D eigenvalue weighted by molar-refractivity contribution is 6.20. The predicted molar refractivity (Wildman–Crippen MR) is 40.5 cm³/mol. The van der Waals surface area contributed by atoms with Crippen molar-refractivity contribution in [2.45, 2.75) is 18.9 Å². The number of hydrogen-bond acceptors (Lipinski definition) is 2. The summed E-state index contributed by atoms with van der Waals surface area (Å²) in [5.41, 5.74) is -0.289. The molecule has 0 spiro atoms. The minimum atomic E-state index is -0.635. The zero-order chi connectivity index (χ0) is 8.15. The summed E-state index contributed by atoms with van der Waals surface area (Å²) in [6.45, 7) is 8.41. The van der Waals surface area contributed by atoms with E-state index in [1.165, 1.54) is 0 Å². The van der Waals surface area contributed by atoms with Gasteiger partial charge < -0.3 is 4.74 Å². The molecule has 0 aromatic rings. The molecule has 0 bridgehead atoms. The molecular weight excluding hydrogens is 152 g/mol. The summed E-state index contributed by atoms with van der Waals surface area (Å²) in [7, 11) is 0. The van der Waals surface area contributed by atoms with Crippen LogP contribution in [0.1, 0.15) is 13.3 Å². The van der Waals surface area contributed by atoms with Crippen LogP contribution in [0.5, 0.6) is 0 Å². The number of alkyl halides is 1. The number of hydrogen-bond donors (Lipinski definition) is 0. The molecule has 0 saturated carbocycles. The van der Waals surface area contributed by atoms with Crippen LogP contribution in [-0.2, 0) is 9.53 Å². The lowest BCUT2D eigenvalue weighted by Gasteiger charge is -2.07. The molecule has 3 heteroatoms. The van der Waals surface area contributed by atoms with Crippen molar-refractivity contribution >= 4 is 17.6 Å². The lowest BCUT2D eigenvalue weighted by atomic mass is 10.4. The zero-order valence-electron chi connectivity index (χ0n) is 5.89. The number of carbonyl (C=O) groups excluding carboxylic acids is 1. The van der Waals surface area contributed by atoms with Crippen molar-refractivity contribution < 1.29 is 9.53 Å². The van der Waals surface area contributed by atoms with Crippen molar-refractivity contribution in [3.8, 4) is 0 Å². The van der Waals surface area contributed by atoms with Gasteiger partial charge >= 0.3 is 5.97 Å². The van der Waals surface area contributed by atoms with Crippen LogP contribution in [0.4, 0.5) is 0 Å². The number of halogens is 1. The molecule has 1 atom stereocenters. The normalized spacial score (nSPS) is 12.3. The molecule has 0 rings (SSSR count). The number of rotatable bonds is 3. The van der Waals surface area contributed by atoms with Gasteiger partial charge in [0.1, 0.15) is 0 Å². The third kappa shape index (κ3) is 3.51. The Kier molecular flexibility index (Phi) is 4.12. The molecular formula is C7H10ClO2. The van der Waals surface area contributed by atoms with Gasteiger partial charge in [-0.25, -0.2) is 4.79 Å². The van der Waals surface area contributed by atoms with Gasteiger partial charge in [0.2, 0.25) is 0 Å². The van der Waals surface area contributed by atoms with Gasteiger partial charge in [0, 0.05) is 5.57 Å². The van der Waals surface area contributed by atoms with E-state index in [-0.39, 0.29) is 0 Å². The van der Waals surface area contributed by atoms with Gasteiger partial charge in [-0.3, -0.25) is 0 Å². The maximum atomic E-state index is 10.7. The summed E-state index contributed by atoms with van der Waals surface area (Å²) in [6, 6.07) is 0. The van der Waals surface area contributed by atoms with E-state index in [1.807, 2.05) is 0 Å². The van der Waals surface area contributed by atoms with Gasteiger partial charge in [-0.05, 0) is 20.3 Å². The standard InChI is InChI=1S/C7H10ClO2/c1-4-6(8)10-7(9)5(2)3/h6H,1-2,4H2,3H3. The summed E-state index contributed by atoms with van der Waals surface area (Å²) in [5, 5.41) is 0. The second kappa shape index (κ2) is 4.34. The van der Waals surface area contributed by atoms with E-state index in [1.54, 1.807) is 6.92 Å². The van der Waals surface area contributed by atoms with Gasteiger partial charge in [-0.1, -0.05) is 18.2 Å². The Labute approximate surface area is 65.8 Å². The van der Waals surface area contributed by atoms with Crippen LogP contribution < -0.4 is 0 Å². The summed E-state index contributed by atoms with van der Waals surface area (Å²) < 4.78 is 4.63. The van der Waals surface area contributed by atoms with Crippen LogP contribution in [0.15, 0.2) is 12.2 Å². The fourth-order valence-corrected chi connectivity index (χ4v) is 0.357. The van der Waals surface area contributed by atoms with Crippen LogP contribution in [0.2, 0.25) is 0 Å². The average Bonchev–Trinajstić information content (AvgIpc) is 1.87. The smallest absolute Gasteiger partial charge is 0.334 e. The summed E-state index contributed by atoms with van der Waals surface area (Å²) >= 11 is 5.46. The lowest BCUT2D eigenvalue weighted by molar-refractivity contribution is -0.140. The zero-order valence-corrected chi connectivity index (χ0v) is 6.65. The monoisotopic (exact) mass is 161 g/mol. The fraction of sp³-hybridized carbons (Fsp3) is 0.429. The second-order valence-electron chi connectivity index (χ2n) is 1.88. The van der Waals surface area contributed by atoms with Gasteiger partial charge in [-0.2, -0.15) is 0 Å². The van der Waals surface area contributed by atoms with Gasteiger partial charge in [0.05, 0.1) is 0 Å². The van der Waals surface area contributed by atoms with E-state index < -0.39 is 11.5 Å². The Bertz CT molecular complexity index is 143. The van der Waals surface area contributed by atoms with E-state index in [0.29, 0.717) is 12.0 Å². The molecule has 0 aromatic carbocycles. The molecule has 0 aliphatic rings. The van der Waals surface area contributed by atoms with Gasteiger partial charge in [-0.15, -0.1) is 0 Å². The predicted octanol–water partition coefficient (Wildman–Crippen LogP) is 1.89.